The Morgan fingerprint density at radius 1 is 1.62 bits per heavy atom. The van der Waals surface area contributed by atoms with Crippen LogP contribution in [-0.2, 0) is 19.1 Å². The fourth-order valence-electron chi connectivity index (χ4n) is 1.21. The van der Waals surface area contributed by atoms with Crippen LogP contribution in [-0.4, -0.2) is 40.2 Å². The molecule has 76 valence electrons. The molecular formula is C7H13NO4S. The number of carbonyl (C=O) groups is 1. The quantitative estimate of drug-likeness (QED) is 0.607. The van der Waals surface area contributed by atoms with E-state index in [0.29, 0.717) is 6.54 Å². The summed E-state index contributed by atoms with van der Waals surface area (Å²) < 4.78 is 25.5. The number of rotatable bonds is 4. The maximum absolute atomic E-state index is 11.3. The second kappa shape index (κ2) is 4.17. The summed E-state index contributed by atoms with van der Waals surface area (Å²) in [5.41, 5.74) is 0. The fourth-order valence-corrected chi connectivity index (χ4v) is 1.54. The average Bonchev–Trinajstić information content (AvgIpc) is 2.50. The van der Waals surface area contributed by atoms with Crippen molar-refractivity contribution in [3.05, 3.63) is 0 Å². The summed E-state index contributed by atoms with van der Waals surface area (Å²) in [4.78, 5) is 11.3. The van der Waals surface area contributed by atoms with Crippen LogP contribution in [0.3, 0.4) is 0 Å². The summed E-state index contributed by atoms with van der Waals surface area (Å²) in [6.07, 6.45) is 1.71. The Morgan fingerprint density at radius 2 is 2.31 bits per heavy atom. The smallest absolute Gasteiger partial charge is 0.264 e. The molecule has 0 amide bonds. The molecule has 0 aromatic rings. The molecule has 1 atom stereocenters. The summed E-state index contributed by atoms with van der Waals surface area (Å²) in [6, 6.07) is 0. The number of hydrogen-bond donors (Lipinski definition) is 1. The van der Waals surface area contributed by atoms with Gasteiger partial charge in [0.05, 0.1) is 6.26 Å². The van der Waals surface area contributed by atoms with Crippen LogP contribution in [0.5, 0.6) is 0 Å². The molecule has 1 rings (SSSR count). The van der Waals surface area contributed by atoms with E-state index in [4.69, 9.17) is 0 Å². The Hall–Kier alpha value is -0.460. The summed E-state index contributed by atoms with van der Waals surface area (Å²) in [7, 11) is -3.49. The first-order valence-corrected chi connectivity index (χ1v) is 5.88. The van der Waals surface area contributed by atoms with Crippen molar-refractivity contribution in [2.45, 2.75) is 6.42 Å². The van der Waals surface area contributed by atoms with Crippen LogP contribution in [0.25, 0.3) is 0 Å². The molecule has 6 heteroatoms. The molecule has 0 radical (unpaired) electrons. The van der Waals surface area contributed by atoms with E-state index in [9.17, 15) is 13.2 Å². The molecule has 13 heavy (non-hydrogen) atoms. The maximum Gasteiger partial charge on any atom is 0.264 e. The highest BCUT2D eigenvalue weighted by Crippen LogP contribution is 2.09. The molecule has 1 heterocycles. The summed E-state index contributed by atoms with van der Waals surface area (Å²) in [5, 5.41) is 3.02. The van der Waals surface area contributed by atoms with E-state index in [1.165, 1.54) is 0 Å². The van der Waals surface area contributed by atoms with Gasteiger partial charge < -0.3 is 5.32 Å². The minimum atomic E-state index is -3.49. The molecule has 0 aromatic heterocycles. The number of ketones is 1. The van der Waals surface area contributed by atoms with Crippen LogP contribution in [0.1, 0.15) is 6.42 Å². The van der Waals surface area contributed by atoms with E-state index >= 15 is 0 Å². The van der Waals surface area contributed by atoms with E-state index in [2.05, 4.69) is 9.50 Å². The first kappa shape index (κ1) is 10.6. The van der Waals surface area contributed by atoms with Gasteiger partial charge in [-0.15, -0.1) is 0 Å². The van der Waals surface area contributed by atoms with Gasteiger partial charge in [-0.05, 0) is 13.0 Å². The molecule has 1 unspecified atom stereocenters. The van der Waals surface area contributed by atoms with Crippen molar-refractivity contribution < 1.29 is 17.4 Å². The van der Waals surface area contributed by atoms with Gasteiger partial charge >= 0.3 is 0 Å². The highest BCUT2D eigenvalue weighted by atomic mass is 32.2. The lowest BCUT2D eigenvalue weighted by Crippen LogP contribution is -2.23. The molecule has 0 aliphatic carbocycles. The summed E-state index contributed by atoms with van der Waals surface area (Å²) in [6.45, 7) is 1.12. The topological polar surface area (TPSA) is 72.5 Å². The second-order valence-electron chi connectivity index (χ2n) is 3.12. The zero-order valence-electron chi connectivity index (χ0n) is 7.45. The van der Waals surface area contributed by atoms with Crippen molar-refractivity contribution in [2.75, 3.05) is 26.0 Å². The van der Waals surface area contributed by atoms with E-state index in [-0.39, 0.29) is 18.3 Å². The third-order valence-electron chi connectivity index (χ3n) is 1.93. The third-order valence-corrected chi connectivity index (χ3v) is 2.48. The highest BCUT2D eigenvalue weighted by molar-refractivity contribution is 7.86. The summed E-state index contributed by atoms with van der Waals surface area (Å²) in [5.74, 6) is -0.225. The monoisotopic (exact) mass is 207 g/mol. The zero-order chi connectivity index (χ0) is 9.90. The lowest BCUT2D eigenvalue weighted by molar-refractivity contribution is -0.124. The average molecular weight is 207 g/mol. The normalized spacial score (nSPS) is 23.3. The van der Waals surface area contributed by atoms with E-state index in [0.717, 1.165) is 19.2 Å². The van der Waals surface area contributed by atoms with Crippen molar-refractivity contribution in [1.29, 1.82) is 0 Å². The Balaban J connectivity index is 2.33. The number of hydrogen-bond acceptors (Lipinski definition) is 5. The predicted molar refractivity (Wildman–Crippen MR) is 46.8 cm³/mol. The van der Waals surface area contributed by atoms with E-state index in [1.54, 1.807) is 0 Å². The molecule has 0 bridgehead atoms. The largest absolute Gasteiger partial charge is 0.316 e. The van der Waals surface area contributed by atoms with Crippen molar-refractivity contribution in [3.8, 4) is 0 Å². The van der Waals surface area contributed by atoms with Crippen LogP contribution in [0.4, 0.5) is 0 Å². The number of Topliss-reactive ketones (excluding diaryl/α,β-unsaturated/α-hetero) is 1. The molecule has 1 fully saturated rings. The molecule has 1 saturated heterocycles. The standard InChI is InChI=1S/C7H13NO4S/c1-13(10,11)12-5-7(9)6-2-3-8-4-6/h6,8H,2-5H2,1H3. The van der Waals surface area contributed by atoms with Gasteiger partial charge in [0.25, 0.3) is 10.1 Å². The molecular weight excluding hydrogens is 194 g/mol. The van der Waals surface area contributed by atoms with Gasteiger partial charge in [-0.25, -0.2) is 0 Å². The van der Waals surface area contributed by atoms with Crippen LogP contribution in [0.2, 0.25) is 0 Å². The zero-order valence-corrected chi connectivity index (χ0v) is 8.26. The molecule has 0 saturated carbocycles. The Labute approximate surface area is 77.6 Å². The Bertz CT molecular complexity index is 279. The van der Waals surface area contributed by atoms with Crippen LogP contribution < -0.4 is 5.32 Å². The van der Waals surface area contributed by atoms with Crippen molar-refractivity contribution in [3.63, 3.8) is 0 Å². The maximum atomic E-state index is 11.3. The van der Waals surface area contributed by atoms with Gasteiger partial charge in [0.15, 0.2) is 5.78 Å². The van der Waals surface area contributed by atoms with Gasteiger partial charge in [-0.2, -0.15) is 8.42 Å². The summed E-state index contributed by atoms with van der Waals surface area (Å²) >= 11 is 0. The van der Waals surface area contributed by atoms with Crippen LogP contribution >= 0.6 is 0 Å². The molecule has 5 nitrogen and oxygen atoms in total. The minimum Gasteiger partial charge on any atom is -0.316 e. The SMILES string of the molecule is CS(=O)(=O)OCC(=O)C1CCNC1. The minimum absolute atomic E-state index is 0.0817. The fraction of sp³-hybridized carbons (Fsp3) is 0.857. The number of carbonyl (C=O) groups excluding carboxylic acids is 1. The van der Waals surface area contributed by atoms with Crippen molar-refractivity contribution in [2.24, 2.45) is 5.92 Å². The number of nitrogens with one attached hydrogen (secondary N) is 1. The van der Waals surface area contributed by atoms with Gasteiger partial charge in [0.2, 0.25) is 0 Å². The molecule has 1 aliphatic rings. The first-order valence-electron chi connectivity index (χ1n) is 4.07. The van der Waals surface area contributed by atoms with Crippen molar-refractivity contribution in [1.82, 2.24) is 5.32 Å². The van der Waals surface area contributed by atoms with Crippen molar-refractivity contribution >= 4 is 15.9 Å². The highest BCUT2D eigenvalue weighted by Gasteiger charge is 2.23. The molecule has 0 spiro atoms. The third kappa shape index (κ3) is 3.84. The van der Waals surface area contributed by atoms with Gasteiger partial charge in [0.1, 0.15) is 6.61 Å². The lowest BCUT2D eigenvalue weighted by Gasteiger charge is -2.05. The second-order valence-corrected chi connectivity index (χ2v) is 4.77. The molecule has 1 aliphatic heterocycles. The van der Waals surface area contributed by atoms with E-state index in [1.807, 2.05) is 0 Å². The van der Waals surface area contributed by atoms with Gasteiger partial charge in [-0.3, -0.25) is 8.98 Å². The van der Waals surface area contributed by atoms with Crippen LogP contribution in [0, 0.1) is 5.92 Å². The van der Waals surface area contributed by atoms with Gasteiger partial charge in [-0.1, -0.05) is 0 Å². The van der Waals surface area contributed by atoms with Crippen LogP contribution in [0.15, 0.2) is 0 Å². The van der Waals surface area contributed by atoms with E-state index < -0.39 is 10.1 Å². The Morgan fingerprint density at radius 3 is 2.77 bits per heavy atom. The lowest BCUT2D eigenvalue weighted by atomic mass is 10.0. The predicted octanol–water partition coefficient (Wildman–Crippen LogP) is -0.859. The molecule has 1 N–H and O–H groups in total. The Kier molecular flexibility index (Phi) is 3.40. The van der Waals surface area contributed by atoms with Gasteiger partial charge in [0, 0.05) is 12.5 Å². The molecule has 0 aromatic carbocycles. The first-order chi connectivity index (χ1) is 5.99.